The Morgan fingerprint density at radius 2 is 2.67 bits per heavy atom. The van der Waals surface area contributed by atoms with Crippen LogP contribution in [0.2, 0.25) is 0 Å². The molecule has 3 heteroatoms. The molecular formula is C6H7NO2. The molecule has 0 aliphatic rings. The standard InChI is InChI=1S/C6H7NO2/c1-5(8)4-6-2-3-9-7-6/h2-3,8H,1,4H2. The van der Waals surface area contributed by atoms with Crippen molar-refractivity contribution in [3.8, 4) is 0 Å². The zero-order valence-electron chi connectivity index (χ0n) is 4.87. The molecule has 0 saturated heterocycles. The number of allylic oxidation sites excluding steroid dienone is 1. The van der Waals surface area contributed by atoms with Crippen molar-refractivity contribution >= 4 is 0 Å². The second kappa shape index (κ2) is 2.35. The highest BCUT2D eigenvalue weighted by atomic mass is 16.5. The first kappa shape index (κ1) is 5.88. The molecule has 0 aliphatic carbocycles. The summed E-state index contributed by atoms with van der Waals surface area (Å²) in [6.45, 7) is 3.30. The van der Waals surface area contributed by atoms with Crippen molar-refractivity contribution in [1.82, 2.24) is 5.16 Å². The normalized spacial score (nSPS) is 9.33. The molecule has 0 radical (unpaired) electrons. The number of aliphatic hydroxyl groups excluding tert-OH is 1. The number of hydrogen-bond donors (Lipinski definition) is 1. The van der Waals surface area contributed by atoms with E-state index in [9.17, 15) is 0 Å². The van der Waals surface area contributed by atoms with Crippen molar-refractivity contribution in [2.75, 3.05) is 0 Å². The summed E-state index contributed by atoms with van der Waals surface area (Å²) < 4.78 is 4.51. The monoisotopic (exact) mass is 125 g/mol. The minimum absolute atomic E-state index is 0.101. The molecule has 3 nitrogen and oxygen atoms in total. The van der Waals surface area contributed by atoms with E-state index in [4.69, 9.17) is 5.11 Å². The lowest BCUT2D eigenvalue weighted by molar-refractivity contribution is 0.384. The van der Waals surface area contributed by atoms with Crippen LogP contribution >= 0.6 is 0 Å². The largest absolute Gasteiger partial charge is 0.513 e. The van der Waals surface area contributed by atoms with Gasteiger partial charge in [-0.25, -0.2) is 0 Å². The number of aromatic nitrogens is 1. The van der Waals surface area contributed by atoms with Gasteiger partial charge in [-0.2, -0.15) is 0 Å². The number of aliphatic hydroxyl groups is 1. The second-order valence-corrected chi connectivity index (χ2v) is 1.73. The maximum atomic E-state index is 8.65. The molecule has 0 unspecified atom stereocenters. The van der Waals surface area contributed by atoms with E-state index in [0.29, 0.717) is 12.1 Å². The van der Waals surface area contributed by atoms with Gasteiger partial charge in [0, 0.05) is 6.07 Å². The van der Waals surface area contributed by atoms with Gasteiger partial charge < -0.3 is 9.63 Å². The third-order valence-electron chi connectivity index (χ3n) is 0.876. The van der Waals surface area contributed by atoms with Gasteiger partial charge in [-0.05, 0) is 0 Å². The molecule has 1 N–H and O–H groups in total. The molecule has 0 aliphatic heterocycles. The van der Waals surface area contributed by atoms with Gasteiger partial charge in [0.2, 0.25) is 0 Å². The Bertz CT molecular complexity index is 191. The molecule has 1 aromatic heterocycles. The molecule has 0 atom stereocenters. The molecule has 9 heavy (non-hydrogen) atoms. The third-order valence-corrected chi connectivity index (χ3v) is 0.876. The summed E-state index contributed by atoms with van der Waals surface area (Å²) in [6, 6.07) is 1.68. The summed E-state index contributed by atoms with van der Waals surface area (Å²) in [5.41, 5.74) is 0.697. The van der Waals surface area contributed by atoms with Gasteiger partial charge in [0.25, 0.3) is 0 Å². The summed E-state index contributed by atoms with van der Waals surface area (Å²) in [5, 5.41) is 12.2. The van der Waals surface area contributed by atoms with Crippen molar-refractivity contribution in [3.05, 3.63) is 30.4 Å². The van der Waals surface area contributed by atoms with Gasteiger partial charge in [-0.15, -0.1) is 0 Å². The van der Waals surface area contributed by atoms with Gasteiger partial charge in [0.1, 0.15) is 6.26 Å². The molecule has 1 aromatic rings. The van der Waals surface area contributed by atoms with Crippen molar-refractivity contribution < 1.29 is 9.63 Å². The number of nitrogens with zero attached hydrogens (tertiary/aromatic N) is 1. The zero-order chi connectivity index (χ0) is 6.69. The molecule has 0 aromatic carbocycles. The summed E-state index contributed by atoms with van der Waals surface area (Å²) in [6.07, 6.45) is 1.83. The van der Waals surface area contributed by atoms with Crippen molar-refractivity contribution in [3.63, 3.8) is 0 Å². The molecule has 0 bridgehead atoms. The SMILES string of the molecule is C=C(O)Cc1ccon1. The molecule has 0 fully saturated rings. The van der Waals surface area contributed by atoms with Crippen LogP contribution in [0, 0.1) is 0 Å². The first-order valence-corrected chi connectivity index (χ1v) is 2.55. The highest BCUT2D eigenvalue weighted by Crippen LogP contribution is 1.99. The Morgan fingerprint density at radius 3 is 3.11 bits per heavy atom. The van der Waals surface area contributed by atoms with E-state index in [1.54, 1.807) is 6.07 Å². The Labute approximate surface area is 52.6 Å². The van der Waals surface area contributed by atoms with Crippen LogP contribution in [0.1, 0.15) is 5.69 Å². The van der Waals surface area contributed by atoms with E-state index in [1.807, 2.05) is 0 Å². The third kappa shape index (κ3) is 1.60. The van der Waals surface area contributed by atoms with Gasteiger partial charge in [-0.1, -0.05) is 11.7 Å². The molecule has 0 saturated carbocycles. The summed E-state index contributed by atoms with van der Waals surface area (Å²) in [4.78, 5) is 0. The van der Waals surface area contributed by atoms with Gasteiger partial charge in [0.15, 0.2) is 0 Å². The van der Waals surface area contributed by atoms with E-state index in [1.165, 1.54) is 6.26 Å². The Kier molecular flexibility index (Phi) is 1.53. The fourth-order valence-corrected chi connectivity index (χ4v) is 0.538. The van der Waals surface area contributed by atoms with Crippen LogP contribution in [0.3, 0.4) is 0 Å². The fourth-order valence-electron chi connectivity index (χ4n) is 0.538. The van der Waals surface area contributed by atoms with Crippen LogP contribution in [-0.2, 0) is 6.42 Å². The highest BCUT2D eigenvalue weighted by Gasteiger charge is 1.95. The second-order valence-electron chi connectivity index (χ2n) is 1.73. The molecule has 1 rings (SSSR count). The lowest BCUT2D eigenvalue weighted by Gasteiger charge is -1.88. The Morgan fingerprint density at radius 1 is 1.89 bits per heavy atom. The number of rotatable bonds is 2. The Balaban J connectivity index is 2.58. The average Bonchev–Trinajstić information content (AvgIpc) is 2.15. The van der Waals surface area contributed by atoms with Crippen molar-refractivity contribution in [2.45, 2.75) is 6.42 Å². The minimum Gasteiger partial charge on any atom is -0.513 e. The quantitative estimate of drug-likeness (QED) is 0.606. The lowest BCUT2D eigenvalue weighted by Crippen LogP contribution is -1.85. The summed E-state index contributed by atoms with van der Waals surface area (Å²) in [7, 11) is 0. The van der Waals surface area contributed by atoms with Gasteiger partial charge >= 0.3 is 0 Å². The van der Waals surface area contributed by atoms with Crippen LogP contribution in [0.25, 0.3) is 0 Å². The van der Waals surface area contributed by atoms with E-state index in [-0.39, 0.29) is 5.76 Å². The molecule has 0 spiro atoms. The van der Waals surface area contributed by atoms with Crippen LogP contribution in [0.4, 0.5) is 0 Å². The smallest absolute Gasteiger partial charge is 0.124 e. The van der Waals surface area contributed by atoms with Crippen molar-refractivity contribution in [2.24, 2.45) is 0 Å². The van der Waals surface area contributed by atoms with Crippen LogP contribution in [-0.4, -0.2) is 10.3 Å². The fraction of sp³-hybridized carbons (Fsp3) is 0.167. The molecule has 1 heterocycles. The zero-order valence-corrected chi connectivity index (χ0v) is 4.87. The maximum absolute atomic E-state index is 8.65. The van der Waals surface area contributed by atoms with E-state index in [0.717, 1.165) is 0 Å². The number of hydrogen-bond acceptors (Lipinski definition) is 3. The van der Waals surface area contributed by atoms with Crippen molar-refractivity contribution in [1.29, 1.82) is 0 Å². The first-order chi connectivity index (χ1) is 4.29. The van der Waals surface area contributed by atoms with E-state index < -0.39 is 0 Å². The minimum atomic E-state index is 0.101. The average molecular weight is 125 g/mol. The van der Waals surface area contributed by atoms with Crippen LogP contribution in [0.15, 0.2) is 29.2 Å². The predicted molar refractivity (Wildman–Crippen MR) is 32.0 cm³/mol. The van der Waals surface area contributed by atoms with Gasteiger partial charge in [-0.3, -0.25) is 0 Å². The lowest BCUT2D eigenvalue weighted by atomic mass is 10.3. The van der Waals surface area contributed by atoms with E-state index in [2.05, 4.69) is 16.3 Å². The van der Waals surface area contributed by atoms with Crippen LogP contribution < -0.4 is 0 Å². The molecule has 48 valence electrons. The Hall–Kier alpha value is -1.25. The highest BCUT2D eigenvalue weighted by molar-refractivity contribution is 5.03. The molecular weight excluding hydrogens is 118 g/mol. The summed E-state index contributed by atoms with van der Waals surface area (Å²) >= 11 is 0. The van der Waals surface area contributed by atoms with E-state index >= 15 is 0 Å². The molecule has 0 amide bonds. The topological polar surface area (TPSA) is 46.3 Å². The van der Waals surface area contributed by atoms with Crippen LogP contribution in [0.5, 0.6) is 0 Å². The maximum Gasteiger partial charge on any atom is 0.124 e. The van der Waals surface area contributed by atoms with Gasteiger partial charge in [0.05, 0.1) is 17.9 Å². The predicted octanol–water partition coefficient (Wildman–Crippen LogP) is 1.29. The summed E-state index contributed by atoms with van der Waals surface area (Å²) in [5.74, 6) is 0.101. The first-order valence-electron chi connectivity index (χ1n) is 2.55.